The molecule has 0 amide bonds. The van der Waals surface area contributed by atoms with E-state index in [4.69, 9.17) is 4.74 Å². The summed E-state index contributed by atoms with van der Waals surface area (Å²) in [7, 11) is -1.60. The number of carbonyl (C=O) groups is 1. The Kier molecular flexibility index (Phi) is 5.75. The monoisotopic (exact) mass is 277 g/mol. The minimum Gasteiger partial charge on any atom is -0.374 e. The summed E-state index contributed by atoms with van der Waals surface area (Å²) in [5.41, 5.74) is 0. The van der Waals surface area contributed by atoms with Gasteiger partial charge in [0.1, 0.15) is 6.10 Å². The van der Waals surface area contributed by atoms with Crippen LogP contribution in [0.25, 0.3) is 0 Å². The lowest BCUT2D eigenvalue weighted by Crippen LogP contribution is -2.40. The SMILES string of the molecule is CCC(OC)C(=O)CC1CCCN(S(C)(=O)=O)C1. The molecular formula is C12H23NO4S. The first-order chi connectivity index (χ1) is 8.38. The molecular weight excluding hydrogens is 254 g/mol. The van der Waals surface area contributed by atoms with Gasteiger partial charge in [0.05, 0.1) is 6.26 Å². The summed E-state index contributed by atoms with van der Waals surface area (Å²) >= 11 is 0. The fraction of sp³-hybridized carbons (Fsp3) is 0.917. The van der Waals surface area contributed by atoms with Gasteiger partial charge in [-0.25, -0.2) is 12.7 Å². The maximum absolute atomic E-state index is 11.9. The zero-order chi connectivity index (χ0) is 13.8. The summed E-state index contributed by atoms with van der Waals surface area (Å²) < 4.78 is 29.6. The average Bonchev–Trinajstić information content (AvgIpc) is 2.29. The number of nitrogens with zero attached hydrogens (tertiary/aromatic N) is 1. The highest BCUT2D eigenvalue weighted by Crippen LogP contribution is 2.22. The molecule has 1 aliphatic heterocycles. The van der Waals surface area contributed by atoms with E-state index in [0.717, 1.165) is 12.8 Å². The van der Waals surface area contributed by atoms with Crippen molar-refractivity contribution in [1.29, 1.82) is 0 Å². The van der Waals surface area contributed by atoms with Crippen LogP contribution in [0.1, 0.15) is 32.6 Å². The van der Waals surface area contributed by atoms with Crippen LogP contribution in [-0.4, -0.2) is 51.1 Å². The van der Waals surface area contributed by atoms with E-state index < -0.39 is 10.0 Å². The molecule has 0 spiro atoms. The van der Waals surface area contributed by atoms with Gasteiger partial charge in [-0.3, -0.25) is 4.79 Å². The summed E-state index contributed by atoms with van der Waals surface area (Å²) in [5.74, 6) is 0.213. The molecule has 106 valence electrons. The lowest BCUT2D eigenvalue weighted by molar-refractivity contribution is -0.130. The van der Waals surface area contributed by atoms with Crippen LogP contribution in [0.4, 0.5) is 0 Å². The van der Waals surface area contributed by atoms with E-state index in [-0.39, 0.29) is 17.8 Å². The van der Waals surface area contributed by atoms with Crippen LogP contribution < -0.4 is 0 Å². The van der Waals surface area contributed by atoms with E-state index in [1.165, 1.54) is 17.7 Å². The molecule has 0 radical (unpaired) electrons. The molecule has 1 aliphatic rings. The van der Waals surface area contributed by atoms with Gasteiger partial charge in [-0.15, -0.1) is 0 Å². The second-order valence-corrected chi connectivity index (χ2v) is 6.91. The highest BCUT2D eigenvalue weighted by Gasteiger charge is 2.28. The van der Waals surface area contributed by atoms with E-state index >= 15 is 0 Å². The van der Waals surface area contributed by atoms with Crippen LogP contribution in [-0.2, 0) is 19.6 Å². The molecule has 18 heavy (non-hydrogen) atoms. The predicted octanol–water partition coefficient (Wildman–Crippen LogP) is 1.04. The van der Waals surface area contributed by atoms with Gasteiger partial charge in [-0.05, 0) is 25.2 Å². The zero-order valence-corrected chi connectivity index (χ0v) is 12.2. The molecule has 0 saturated carbocycles. The van der Waals surface area contributed by atoms with E-state index in [0.29, 0.717) is 25.9 Å². The molecule has 6 heteroatoms. The van der Waals surface area contributed by atoms with Gasteiger partial charge >= 0.3 is 0 Å². The first-order valence-corrected chi connectivity index (χ1v) is 8.24. The molecule has 0 bridgehead atoms. The second kappa shape index (κ2) is 6.63. The van der Waals surface area contributed by atoms with Crippen molar-refractivity contribution >= 4 is 15.8 Å². The van der Waals surface area contributed by atoms with Crippen LogP contribution in [0.15, 0.2) is 0 Å². The van der Waals surface area contributed by atoms with Crippen LogP contribution in [0, 0.1) is 5.92 Å². The van der Waals surface area contributed by atoms with Gasteiger partial charge < -0.3 is 4.74 Å². The quantitative estimate of drug-likeness (QED) is 0.728. The molecule has 2 atom stereocenters. The Morgan fingerprint density at radius 1 is 1.50 bits per heavy atom. The largest absolute Gasteiger partial charge is 0.374 e. The molecule has 0 aromatic heterocycles. The molecule has 2 unspecified atom stereocenters. The number of Topliss-reactive ketones (excluding diaryl/α,β-unsaturated/α-hetero) is 1. The molecule has 0 aromatic rings. The summed E-state index contributed by atoms with van der Waals surface area (Å²) in [6.45, 7) is 2.95. The minimum atomic E-state index is -3.14. The Hall–Kier alpha value is -0.460. The number of ether oxygens (including phenoxy) is 1. The van der Waals surface area contributed by atoms with Crippen LogP contribution in [0.3, 0.4) is 0 Å². The summed E-state index contributed by atoms with van der Waals surface area (Å²) in [5, 5.41) is 0. The number of carbonyl (C=O) groups excluding carboxylic acids is 1. The number of hydrogen-bond acceptors (Lipinski definition) is 4. The molecule has 1 saturated heterocycles. The molecule has 0 N–H and O–H groups in total. The van der Waals surface area contributed by atoms with Gasteiger partial charge in [0, 0.05) is 26.6 Å². The smallest absolute Gasteiger partial charge is 0.211 e. The fourth-order valence-corrected chi connectivity index (χ4v) is 3.38. The van der Waals surface area contributed by atoms with Crippen molar-refractivity contribution in [2.75, 3.05) is 26.5 Å². The summed E-state index contributed by atoms with van der Waals surface area (Å²) in [6, 6.07) is 0. The maximum atomic E-state index is 11.9. The average molecular weight is 277 g/mol. The van der Waals surface area contributed by atoms with Crippen LogP contribution >= 0.6 is 0 Å². The van der Waals surface area contributed by atoms with Crippen LogP contribution in [0.5, 0.6) is 0 Å². The number of methoxy groups -OCH3 is 1. The van der Waals surface area contributed by atoms with Crippen molar-refractivity contribution in [3.05, 3.63) is 0 Å². The number of rotatable bonds is 6. The minimum absolute atomic E-state index is 0.0837. The van der Waals surface area contributed by atoms with Crippen molar-refractivity contribution in [3.63, 3.8) is 0 Å². The maximum Gasteiger partial charge on any atom is 0.211 e. The van der Waals surface area contributed by atoms with Crippen LogP contribution in [0.2, 0.25) is 0 Å². The molecule has 5 nitrogen and oxygen atoms in total. The lowest BCUT2D eigenvalue weighted by Gasteiger charge is -2.31. The van der Waals surface area contributed by atoms with Gasteiger partial charge in [0.25, 0.3) is 0 Å². The number of hydrogen-bond donors (Lipinski definition) is 0. The Bertz CT molecular complexity index is 376. The number of piperidine rings is 1. The number of ketones is 1. The predicted molar refractivity (Wildman–Crippen MR) is 69.9 cm³/mol. The van der Waals surface area contributed by atoms with Gasteiger partial charge in [-0.1, -0.05) is 6.92 Å². The van der Waals surface area contributed by atoms with Gasteiger partial charge in [-0.2, -0.15) is 0 Å². The van der Waals surface area contributed by atoms with Gasteiger partial charge in [0.15, 0.2) is 5.78 Å². The van der Waals surface area contributed by atoms with Crippen molar-refractivity contribution in [2.24, 2.45) is 5.92 Å². The normalized spacial score (nSPS) is 23.8. The lowest BCUT2D eigenvalue weighted by atomic mass is 9.92. The van der Waals surface area contributed by atoms with Crippen molar-refractivity contribution in [2.45, 2.75) is 38.7 Å². The standard InChI is InChI=1S/C12H23NO4S/c1-4-12(17-2)11(14)8-10-6-5-7-13(9-10)18(3,15)16/h10,12H,4-9H2,1-3H3. The van der Waals surface area contributed by atoms with E-state index in [9.17, 15) is 13.2 Å². The zero-order valence-electron chi connectivity index (χ0n) is 11.4. The molecule has 1 fully saturated rings. The van der Waals surface area contributed by atoms with Crippen molar-refractivity contribution in [3.8, 4) is 0 Å². The third-order valence-corrected chi connectivity index (χ3v) is 4.72. The third-order valence-electron chi connectivity index (χ3n) is 3.46. The molecule has 0 aliphatic carbocycles. The molecule has 1 rings (SSSR count). The first-order valence-electron chi connectivity index (χ1n) is 6.39. The Morgan fingerprint density at radius 3 is 2.67 bits per heavy atom. The molecule has 1 heterocycles. The topological polar surface area (TPSA) is 63.7 Å². The van der Waals surface area contributed by atoms with Gasteiger partial charge in [0.2, 0.25) is 10.0 Å². The first kappa shape index (κ1) is 15.6. The van der Waals surface area contributed by atoms with E-state index in [1.807, 2.05) is 6.92 Å². The van der Waals surface area contributed by atoms with E-state index in [1.54, 1.807) is 0 Å². The molecule has 0 aromatic carbocycles. The second-order valence-electron chi connectivity index (χ2n) is 4.93. The third kappa shape index (κ3) is 4.33. The summed E-state index contributed by atoms with van der Waals surface area (Å²) in [6.07, 6.45) is 3.70. The Morgan fingerprint density at radius 2 is 2.17 bits per heavy atom. The highest BCUT2D eigenvalue weighted by molar-refractivity contribution is 7.88. The fourth-order valence-electron chi connectivity index (χ4n) is 2.44. The Balaban J connectivity index is 2.55. The highest BCUT2D eigenvalue weighted by atomic mass is 32.2. The summed E-state index contributed by atoms with van der Waals surface area (Å²) in [4.78, 5) is 11.9. The number of sulfonamides is 1. The van der Waals surface area contributed by atoms with Crippen molar-refractivity contribution in [1.82, 2.24) is 4.31 Å². The van der Waals surface area contributed by atoms with E-state index in [2.05, 4.69) is 0 Å². The van der Waals surface area contributed by atoms with Crippen molar-refractivity contribution < 1.29 is 17.9 Å². The Labute approximate surface area is 110 Å².